The van der Waals surface area contributed by atoms with Crippen molar-refractivity contribution in [3.8, 4) is 5.69 Å². The predicted octanol–water partition coefficient (Wildman–Crippen LogP) is 2.51. The number of carbonyl (C=O) groups is 1. The highest BCUT2D eigenvalue weighted by molar-refractivity contribution is 7.97. The van der Waals surface area contributed by atoms with Gasteiger partial charge in [0, 0.05) is 5.69 Å². The summed E-state index contributed by atoms with van der Waals surface area (Å²) in [6, 6.07) is 15.2. The summed E-state index contributed by atoms with van der Waals surface area (Å²) in [5.41, 5.74) is 3.31. The molecule has 8 nitrogen and oxygen atoms in total. The molecule has 0 spiro atoms. The Hall–Kier alpha value is -3.20. The van der Waals surface area contributed by atoms with Crippen LogP contribution in [0.4, 0.5) is 5.69 Å². The van der Waals surface area contributed by atoms with E-state index in [0.717, 1.165) is 28.3 Å². The first-order valence-electron chi connectivity index (χ1n) is 8.31. The van der Waals surface area contributed by atoms with Gasteiger partial charge >= 0.3 is 0 Å². The van der Waals surface area contributed by atoms with Gasteiger partial charge in [-0.25, -0.2) is 9.67 Å². The zero-order valence-corrected chi connectivity index (χ0v) is 15.4. The average molecular weight is 379 g/mol. The van der Waals surface area contributed by atoms with Crippen LogP contribution >= 0.6 is 11.8 Å². The Morgan fingerprint density at radius 3 is 2.89 bits per heavy atom. The third kappa shape index (κ3) is 3.68. The van der Waals surface area contributed by atoms with Gasteiger partial charge in [-0.05, 0) is 47.0 Å². The van der Waals surface area contributed by atoms with Crippen molar-refractivity contribution in [2.75, 3.05) is 11.6 Å². The Balaban J connectivity index is 1.56. The maximum absolute atomic E-state index is 12.7. The second kappa shape index (κ2) is 7.58. The SMILES string of the molecule is CSCc1nc2ccccc2n1CC(=O)Nc1cccc(-n2cnnn2)c1. The lowest BCUT2D eigenvalue weighted by atomic mass is 10.2. The highest BCUT2D eigenvalue weighted by Gasteiger charge is 2.13. The Kier molecular flexibility index (Phi) is 4.84. The first-order chi connectivity index (χ1) is 13.2. The summed E-state index contributed by atoms with van der Waals surface area (Å²) in [7, 11) is 0. The number of thioether (sulfide) groups is 1. The van der Waals surface area contributed by atoms with E-state index in [2.05, 4.69) is 25.8 Å². The van der Waals surface area contributed by atoms with Crippen LogP contribution in [-0.2, 0) is 17.1 Å². The average Bonchev–Trinajstić information content (AvgIpc) is 3.32. The van der Waals surface area contributed by atoms with Gasteiger partial charge in [0.1, 0.15) is 18.7 Å². The van der Waals surface area contributed by atoms with Crippen LogP contribution in [0, 0.1) is 0 Å². The molecule has 0 unspecified atom stereocenters. The number of amides is 1. The van der Waals surface area contributed by atoms with Crippen molar-refractivity contribution in [3.63, 3.8) is 0 Å². The van der Waals surface area contributed by atoms with Gasteiger partial charge in [-0.1, -0.05) is 18.2 Å². The number of aromatic nitrogens is 6. The molecular weight excluding hydrogens is 362 g/mol. The van der Waals surface area contributed by atoms with E-state index in [0.29, 0.717) is 5.69 Å². The number of carbonyl (C=O) groups excluding carboxylic acids is 1. The molecule has 0 fully saturated rings. The van der Waals surface area contributed by atoms with Gasteiger partial charge in [0.15, 0.2) is 0 Å². The normalized spacial score (nSPS) is 11.0. The molecule has 2 aromatic heterocycles. The molecule has 136 valence electrons. The second-order valence-corrected chi connectivity index (χ2v) is 6.75. The minimum Gasteiger partial charge on any atom is -0.324 e. The van der Waals surface area contributed by atoms with Crippen molar-refractivity contribution in [1.82, 2.24) is 29.8 Å². The maximum Gasteiger partial charge on any atom is 0.244 e. The van der Waals surface area contributed by atoms with Crippen LogP contribution in [0.15, 0.2) is 54.9 Å². The van der Waals surface area contributed by atoms with Crippen molar-refractivity contribution in [2.24, 2.45) is 0 Å². The summed E-state index contributed by atoms with van der Waals surface area (Å²) in [4.78, 5) is 17.3. The van der Waals surface area contributed by atoms with E-state index in [4.69, 9.17) is 0 Å². The van der Waals surface area contributed by atoms with Crippen LogP contribution in [0.25, 0.3) is 16.7 Å². The number of nitrogens with zero attached hydrogens (tertiary/aromatic N) is 6. The molecule has 0 saturated carbocycles. The van der Waals surface area contributed by atoms with Crippen molar-refractivity contribution in [2.45, 2.75) is 12.3 Å². The Labute approximate surface area is 159 Å². The molecule has 1 amide bonds. The summed E-state index contributed by atoms with van der Waals surface area (Å²) < 4.78 is 3.50. The number of imidazole rings is 1. The Morgan fingerprint density at radius 1 is 1.19 bits per heavy atom. The minimum atomic E-state index is -0.116. The highest BCUT2D eigenvalue weighted by Crippen LogP contribution is 2.19. The van der Waals surface area contributed by atoms with E-state index in [1.165, 1.54) is 11.0 Å². The van der Waals surface area contributed by atoms with Gasteiger partial charge in [0.25, 0.3) is 0 Å². The lowest BCUT2D eigenvalue weighted by Gasteiger charge is -2.10. The van der Waals surface area contributed by atoms with E-state index < -0.39 is 0 Å². The number of nitrogens with one attached hydrogen (secondary N) is 1. The molecule has 0 atom stereocenters. The molecule has 0 saturated heterocycles. The van der Waals surface area contributed by atoms with Gasteiger partial charge in [-0.3, -0.25) is 4.79 Å². The number of rotatable bonds is 6. The number of anilines is 1. The molecule has 4 rings (SSSR count). The molecular formula is C18H17N7OS. The molecule has 27 heavy (non-hydrogen) atoms. The standard InChI is InChI=1S/C18H17N7OS/c1-27-11-17-21-15-7-2-3-8-16(15)24(17)10-18(26)20-13-5-4-6-14(9-13)25-12-19-22-23-25/h2-9,12H,10-11H2,1H3,(H,20,26). The summed E-state index contributed by atoms with van der Waals surface area (Å²) in [5, 5.41) is 14.1. The molecule has 2 aromatic carbocycles. The van der Waals surface area contributed by atoms with Gasteiger partial charge in [-0.15, -0.1) is 5.10 Å². The summed E-state index contributed by atoms with van der Waals surface area (Å²) in [5.74, 6) is 1.52. The van der Waals surface area contributed by atoms with Crippen molar-refractivity contribution < 1.29 is 4.79 Å². The second-order valence-electron chi connectivity index (χ2n) is 5.89. The number of tetrazole rings is 1. The number of para-hydroxylation sites is 2. The van der Waals surface area contributed by atoms with Crippen LogP contribution in [0.3, 0.4) is 0 Å². The fourth-order valence-electron chi connectivity index (χ4n) is 2.89. The third-order valence-electron chi connectivity index (χ3n) is 4.05. The molecule has 0 radical (unpaired) electrons. The molecule has 0 bridgehead atoms. The minimum absolute atomic E-state index is 0.116. The van der Waals surface area contributed by atoms with Crippen LogP contribution in [-0.4, -0.2) is 41.9 Å². The van der Waals surface area contributed by atoms with E-state index >= 15 is 0 Å². The van der Waals surface area contributed by atoms with Crippen LogP contribution in [0.5, 0.6) is 0 Å². The van der Waals surface area contributed by atoms with Crippen LogP contribution < -0.4 is 5.32 Å². The predicted molar refractivity (Wildman–Crippen MR) is 105 cm³/mol. The highest BCUT2D eigenvalue weighted by atomic mass is 32.2. The Bertz CT molecular complexity index is 1070. The zero-order valence-electron chi connectivity index (χ0n) is 14.6. The lowest BCUT2D eigenvalue weighted by molar-refractivity contribution is -0.116. The fraction of sp³-hybridized carbons (Fsp3) is 0.167. The van der Waals surface area contributed by atoms with E-state index in [1.807, 2.05) is 59.4 Å². The molecule has 9 heteroatoms. The Morgan fingerprint density at radius 2 is 2.07 bits per heavy atom. The monoisotopic (exact) mass is 379 g/mol. The largest absolute Gasteiger partial charge is 0.324 e. The van der Waals surface area contributed by atoms with Gasteiger partial charge in [0.2, 0.25) is 5.91 Å². The maximum atomic E-state index is 12.7. The number of fused-ring (bicyclic) bond motifs is 1. The zero-order chi connectivity index (χ0) is 18.6. The summed E-state index contributed by atoms with van der Waals surface area (Å²) in [6.07, 6.45) is 3.53. The lowest BCUT2D eigenvalue weighted by Crippen LogP contribution is -2.20. The van der Waals surface area contributed by atoms with Crippen molar-refractivity contribution in [1.29, 1.82) is 0 Å². The molecule has 4 aromatic rings. The fourth-order valence-corrected chi connectivity index (χ4v) is 3.37. The van der Waals surface area contributed by atoms with Crippen molar-refractivity contribution in [3.05, 3.63) is 60.7 Å². The quantitative estimate of drug-likeness (QED) is 0.554. The number of hydrogen-bond acceptors (Lipinski definition) is 6. The topological polar surface area (TPSA) is 90.5 Å². The number of hydrogen-bond donors (Lipinski definition) is 1. The van der Waals surface area contributed by atoms with Crippen molar-refractivity contribution >= 4 is 34.4 Å². The van der Waals surface area contributed by atoms with E-state index in [-0.39, 0.29) is 12.5 Å². The van der Waals surface area contributed by atoms with Gasteiger partial charge < -0.3 is 9.88 Å². The first-order valence-corrected chi connectivity index (χ1v) is 9.70. The van der Waals surface area contributed by atoms with Crippen LogP contribution in [0.2, 0.25) is 0 Å². The van der Waals surface area contributed by atoms with Crippen LogP contribution in [0.1, 0.15) is 5.82 Å². The smallest absolute Gasteiger partial charge is 0.244 e. The molecule has 0 aliphatic heterocycles. The molecule has 0 aliphatic carbocycles. The summed E-state index contributed by atoms with van der Waals surface area (Å²) >= 11 is 1.68. The van der Waals surface area contributed by atoms with E-state index in [9.17, 15) is 4.79 Å². The molecule has 0 aliphatic rings. The first kappa shape index (κ1) is 17.2. The molecule has 2 heterocycles. The summed E-state index contributed by atoms with van der Waals surface area (Å²) in [6.45, 7) is 0.200. The van der Waals surface area contributed by atoms with E-state index in [1.54, 1.807) is 11.8 Å². The van der Waals surface area contributed by atoms with Gasteiger partial charge in [0.05, 0.1) is 22.5 Å². The van der Waals surface area contributed by atoms with Gasteiger partial charge in [-0.2, -0.15) is 11.8 Å². The number of benzene rings is 2. The third-order valence-corrected chi connectivity index (χ3v) is 4.60. The molecule has 1 N–H and O–H groups in total.